The predicted molar refractivity (Wildman–Crippen MR) is 164 cm³/mol. The summed E-state index contributed by atoms with van der Waals surface area (Å²) in [6.07, 6.45) is 7.44. The number of methoxy groups -OCH3 is 1. The second-order valence-electron chi connectivity index (χ2n) is 11.3. The van der Waals surface area contributed by atoms with E-state index in [-0.39, 0.29) is 28.8 Å². The van der Waals surface area contributed by atoms with E-state index in [1.54, 1.807) is 43.5 Å². The molecule has 0 unspecified atom stereocenters. The van der Waals surface area contributed by atoms with Crippen LogP contribution in [-0.2, 0) is 16.1 Å². The molecule has 1 aliphatic carbocycles. The molecule has 0 aromatic heterocycles. The van der Waals surface area contributed by atoms with Gasteiger partial charge in [0.1, 0.15) is 12.4 Å². The van der Waals surface area contributed by atoms with Crippen molar-refractivity contribution in [1.29, 1.82) is 0 Å². The van der Waals surface area contributed by atoms with Crippen LogP contribution in [0.3, 0.4) is 0 Å². The van der Waals surface area contributed by atoms with Crippen LogP contribution in [0.25, 0.3) is 0 Å². The Morgan fingerprint density at radius 1 is 0.977 bits per heavy atom. The lowest BCUT2D eigenvalue weighted by atomic mass is 9.91. The van der Waals surface area contributed by atoms with Gasteiger partial charge in [-0.15, -0.1) is 0 Å². The van der Waals surface area contributed by atoms with Crippen molar-refractivity contribution in [2.24, 2.45) is 11.3 Å². The molecule has 3 rings (SSSR count). The van der Waals surface area contributed by atoms with Crippen LogP contribution in [0.4, 0.5) is 18.9 Å². The molecule has 2 N–H and O–H groups in total. The zero-order chi connectivity index (χ0) is 32.6. The lowest BCUT2D eigenvalue weighted by Gasteiger charge is -2.18. The number of Topliss-reactive ketones (excluding diaryl/α,β-unsaturated/α-hetero) is 1. The molecule has 0 bridgehead atoms. The van der Waals surface area contributed by atoms with E-state index < -0.39 is 18.0 Å². The minimum absolute atomic E-state index is 0.0944. The summed E-state index contributed by atoms with van der Waals surface area (Å²) in [7, 11) is 1.56. The van der Waals surface area contributed by atoms with E-state index in [9.17, 15) is 27.6 Å². The number of nitrogens with one attached hydrogen (secondary N) is 2. The van der Waals surface area contributed by atoms with E-state index in [2.05, 4.69) is 17.6 Å². The van der Waals surface area contributed by atoms with Gasteiger partial charge in [-0.25, -0.2) is 0 Å². The smallest absolute Gasteiger partial charge is 0.379 e. The second-order valence-corrected chi connectivity index (χ2v) is 11.7. The third-order valence-electron chi connectivity index (χ3n) is 6.47. The average Bonchev–Trinajstić information content (AvgIpc) is 2.93. The fourth-order valence-corrected chi connectivity index (χ4v) is 4.26. The Kier molecular flexibility index (Phi) is 17.0. The molecule has 0 heterocycles. The maximum absolute atomic E-state index is 12.8. The molecule has 2 aromatic carbocycles. The van der Waals surface area contributed by atoms with Crippen molar-refractivity contribution in [3.05, 3.63) is 58.1 Å². The topological polar surface area (TPSA) is 93.7 Å². The molecule has 1 fully saturated rings. The van der Waals surface area contributed by atoms with Crippen LogP contribution in [0, 0.1) is 11.3 Å². The monoisotopic (exact) mass is 628 g/mol. The van der Waals surface area contributed by atoms with Crippen molar-refractivity contribution < 1.29 is 37.0 Å². The summed E-state index contributed by atoms with van der Waals surface area (Å²) in [5.74, 6) is 0.739. The number of ketones is 1. The molecule has 0 saturated heterocycles. The first-order valence-electron chi connectivity index (χ1n) is 14.2. The maximum atomic E-state index is 12.8. The van der Waals surface area contributed by atoms with E-state index in [0.29, 0.717) is 30.2 Å². The van der Waals surface area contributed by atoms with E-state index in [0.717, 1.165) is 11.5 Å². The third-order valence-corrected chi connectivity index (χ3v) is 6.79. The number of carbonyl (C=O) groups is 3. The number of carbonyl (C=O) groups excluding carboxylic acids is 3. The zero-order valence-electron chi connectivity index (χ0n) is 25.8. The molecule has 7 nitrogen and oxygen atoms in total. The number of hydrogen-bond donors (Lipinski definition) is 2. The highest BCUT2D eigenvalue weighted by Gasteiger charge is 2.21. The Hall–Kier alpha value is -3.11. The molecule has 0 atom stereocenters. The van der Waals surface area contributed by atoms with Gasteiger partial charge in [-0.3, -0.25) is 14.4 Å². The highest BCUT2D eigenvalue weighted by Crippen LogP contribution is 2.26. The molecule has 0 radical (unpaired) electrons. The van der Waals surface area contributed by atoms with Gasteiger partial charge in [0.25, 0.3) is 5.91 Å². The molecule has 43 heavy (non-hydrogen) atoms. The predicted octanol–water partition coefficient (Wildman–Crippen LogP) is 8.25. The van der Waals surface area contributed by atoms with Crippen molar-refractivity contribution >= 4 is 34.9 Å². The number of alkyl halides is 3. The van der Waals surface area contributed by atoms with Crippen LogP contribution < -0.4 is 15.4 Å². The normalized spacial score (nSPS) is 13.2. The number of amides is 2. The Morgan fingerprint density at radius 3 is 2.12 bits per heavy atom. The van der Waals surface area contributed by atoms with Crippen LogP contribution in [0.2, 0.25) is 5.02 Å². The van der Waals surface area contributed by atoms with Crippen molar-refractivity contribution in [2.75, 3.05) is 25.6 Å². The fourth-order valence-electron chi connectivity index (χ4n) is 4.05. The summed E-state index contributed by atoms with van der Waals surface area (Å²) in [6, 6.07) is 9.83. The molecular weight excluding hydrogens is 585 g/mol. The molecule has 0 spiro atoms. The first-order chi connectivity index (χ1) is 20.1. The van der Waals surface area contributed by atoms with Crippen LogP contribution in [0.5, 0.6) is 5.75 Å². The summed E-state index contributed by atoms with van der Waals surface area (Å²) in [5, 5.41) is 5.89. The number of ether oxygens (including phenoxy) is 2. The lowest BCUT2D eigenvalue weighted by molar-refractivity contribution is -0.128. The molecule has 1 aliphatic rings. The molecular formula is C32H44ClF3N2O5. The minimum Gasteiger partial charge on any atom is -0.490 e. The Balaban J connectivity index is 0.000000703. The Labute approximate surface area is 257 Å². The van der Waals surface area contributed by atoms with Crippen LogP contribution in [0.15, 0.2) is 36.4 Å². The molecule has 11 heteroatoms. The van der Waals surface area contributed by atoms with Crippen molar-refractivity contribution in [3.63, 3.8) is 0 Å². The minimum atomic E-state index is -3.67. The van der Waals surface area contributed by atoms with Gasteiger partial charge in [-0.2, -0.15) is 13.2 Å². The summed E-state index contributed by atoms with van der Waals surface area (Å²) in [4.78, 5) is 37.0. The fraction of sp³-hybridized carbons (Fsp3) is 0.531. The van der Waals surface area contributed by atoms with Gasteiger partial charge in [0, 0.05) is 24.8 Å². The number of hydrogen-bond acceptors (Lipinski definition) is 5. The van der Waals surface area contributed by atoms with E-state index >= 15 is 0 Å². The third kappa shape index (κ3) is 15.3. The highest BCUT2D eigenvalue weighted by molar-refractivity contribution is 6.34. The van der Waals surface area contributed by atoms with Crippen LogP contribution in [-0.4, -0.2) is 44.6 Å². The Bertz CT molecular complexity index is 1180. The first kappa shape index (κ1) is 37.9. The highest BCUT2D eigenvalue weighted by atomic mass is 35.5. The van der Waals surface area contributed by atoms with Crippen molar-refractivity contribution in [2.45, 2.75) is 79.9 Å². The first-order valence-corrected chi connectivity index (χ1v) is 14.6. The van der Waals surface area contributed by atoms with Gasteiger partial charge < -0.3 is 20.1 Å². The molecule has 240 valence electrons. The van der Waals surface area contributed by atoms with Gasteiger partial charge in [-0.05, 0) is 48.7 Å². The zero-order valence-corrected chi connectivity index (χ0v) is 26.6. The largest absolute Gasteiger partial charge is 0.490 e. The van der Waals surface area contributed by atoms with E-state index in [4.69, 9.17) is 21.1 Å². The van der Waals surface area contributed by atoms with Gasteiger partial charge in [-0.1, -0.05) is 77.5 Å². The van der Waals surface area contributed by atoms with Gasteiger partial charge in [0.2, 0.25) is 5.91 Å². The quantitative estimate of drug-likeness (QED) is 0.215. The van der Waals surface area contributed by atoms with Gasteiger partial charge in [0.15, 0.2) is 5.78 Å². The van der Waals surface area contributed by atoms with Gasteiger partial charge in [0.05, 0.1) is 22.8 Å². The molecule has 2 amide bonds. The molecule has 2 aromatic rings. The lowest BCUT2D eigenvalue weighted by Crippen LogP contribution is -2.34. The van der Waals surface area contributed by atoms with Gasteiger partial charge >= 0.3 is 6.68 Å². The standard InChI is InChI=1S/C24H29ClN2O5.C7H14.CHF3/c1-15(28)18-13-17(7-9-21(18)32-11-10-31-5)27-22(29)19-12-16(6-8-20(19)25)14-26-23(30)24(2,3)4;1-7-5-3-2-4-6-7;2-1(3)4/h6-9,12-13H,10-11,14H2,1-5H3,(H,26,30)(H,27,29);7H,2-6H2,1H3;1H. The number of benzene rings is 2. The summed E-state index contributed by atoms with van der Waals surface area (Å²) in [6.45, 7) is 6.56. The summed E-state index contributed by atoms with van der Waals surface area (Å²) >= 11 is 6.24. The summed E-state index contributed by atoms with van der Waals surface area (Å²) < 4.78 is 39.5. The number of rotatable bonds is 9. The van der Waals surface area contributed by atoms with Crippen molar-refractivity contribution in [3.8, 4) is 5.75 Å². The molecule has 1 saturated carbocycles. The van der Waals surface area contributed by atoms with E-state index in [1.165, 1.54) is 39.0 Å². The number of halogens is 4. The molecule has 0 aliphatic heterocycles. The SMILES string of the molecule is CC1CCCCC1.COCCOc1ccc(NC(=O)c2cc(CNC(=O)C(C)(C)C)ccc2Cl)cc1C(C)=O.FC(F)F. The van der Waals surface area contributed by atoms with Crippen molar-refractivity contribution in [1.82, 2.24) is 5.32 Å². The number of anilines is 1. The van der Waals surface area contributed by atoms with Crippen LogP contribution >= 0.6 is 11.6 Å². The Morgan fingerprint density at radius 2 is 1.60 bits per heavy atom. The van der Waals surface area contributed by atoms with E-state index in [1.807, 2.05) is 20.8 Å². The average molecular weight is 629 g/mol. The van der Waals surface area contributed by atoms with Crippen LogP contribution in [0.1, 0.15) is 93.0 Å². The second kappa shape index (κ2) is 19.2. The maximum Gasteiger partial charge on any atom is 0.379 e. The summed E-state index contributed by atoms with van der Waals surface area (Å²) in [5.41, 5.74) is 1.27.